The molecular formula is C22H18N4O2. The molecule has 4 aromatic heterocycles. The molecule has 0 amide bonds. The third kappa shape index (κ3) is 2.15. The molecule has 1 unspecified atom stereocenters. The van der Waals surface area contributed by atoms with Crippen LogP contribution in [0.3, 0.4) is 0 Å². The Balaban J connectivity index is 1.62. The van der Waals surface area contributed by atoms with E-state index in [9.17, 15) is 0 Å². The number of nitrogens with one attached hydrogen (secondary N) is 1. The van der Waals surface area contributed by atoms with Crippen LogP contribution in [0.2, 0.25) is 0 Å². The van der Waals surface area contributed by atoms with Crippen molar-refractivity contribution < 1.29 is 9.15 Å². The van der Waals surface area contributed by atoms with E-state index in [1.54, 1.807) is 6.20 Å². The molecule has 0 radical (unpaired) electrons. The monoisotopic (exact) mass is 370 g/mol. The third-order valence-electron chi connectivity index (χ3n) is 5.61. The Bertz CT molecular complexity index is 1330. The summed E-state index contributed by atoms with van der Waals surface area (Å²) in [5.74, 6) is 0. The van der Waals surface area contributed by atoms with Gasteiger partial charge in [-0.15, -0.1) is 0 Å². The smallest absolute Gasteiger partial charge is 0.151 e. The lowest BCUT2D eigenvalue weighted by molar-refractivity contribution is -0.0365. The maximum atomic E-state index is 7.72. The Kier molecular flexibility index (Phi) is 3.31. The van der Waals surface area contributed by atoms with E-state index in [0.29, 0.717) is 0 Å². The minimum Gasteiger partial charge on any atom is -0.455 e. The van der Waals surface area contributed by atoms with E-state index < -0.39 is 0 Å². The molecule has 1 aliphatic rings. The summed E-state index contributed by atoms with van der Waals surface area (Å²) in [6, 6.07) is 12.2. The number of hydrogen-bond acceptors (Lipinski definition) is 5. The van der Waals surface area contributed by atoms with Gasteiger partial charge in [-0.05, 0) is 37.5 Å². The van der Waals surface area contributed by atoms with Crippen molar-refractivity contribution in [1.29, 1.82) is 5.41 Å². The van der Waals surface area contributed by atoms with Crippen molar-refractivity contribution in [2.45, 2.75) is 25.5 Å². The molecule has 6 aromatic rings. The van der Waals surface area contributed by atoms with Crippen LogP contribution in [0.4, 0.5) is 0 Å². The van der Waals surface area contributed by atoms with E-state index >= 15 is 0 Å². The Morgan fingerprint density at radius 2 is 2.14 bits per heavy atom. The summed E-state index contributed by atoms with van der Waals surface area (Å²) >= 11 is 0. The molecule has 1 aliphatic heterocycles. The van der Waals surface area contributed by atoms with Gasteiger partial charge in [-0.2, -0.15) is 5.10 Å². The van der Waals surface area contributed by atoms with Crippen molar-refractivity contribution in [3.63, 3.8) is 0 Å². The molecule has 138 valence electrons. The zero-order chi connectivity index (χ0) is 18.7. The van der Waals surface area contributed by atoms with Crippen molar-refractivity contribution in [3.8, 4) is 11.3 Å². The number of fused-ring (bicyclic) bond motifs is 1. The molecule has 1 saturated heterocycles. The lowest BCUT2D eigenvalue weighted by Gasteiger charge is -2.23. The fraction of sp³-hybridized carbons (Fsp3) is 0.227. The van der Waals surface area contributed by atoms with Crippen molar-refractivity contribution >= 4 is 39.2 Å². The van der Waals surface area contributed by atoms with Crippen LogP contribution < -0.4 is 0 Å². The van der Waals surface area contributed by atoms with Crippen LogP contribution in [0.25, 0.3) is 44.2 Å². The predicted octanol–water partition coefficient (Wildman–Crippen LogP) is 5.13. The number of ether oxygens (including phenoxy) is 1. The minimum absolute atomic E-state index is 0.0586. The highest BCUT2D eigenvalue weighted by atomic mass is 16.5. The third-order valence-corrected chi connectivity index (χ3v) is 5.61. The van der Waals surface area contributed by atoms with E-state index in [0.717, 1.165) is 75.7 Å². The molecular weight excluding hydrogens is 352 g/mol. The predicted molar refractivity (Wildman–Crippen MR) is 108 cm³/mol. The van der Waals surface area contributed by atoms with Gasteiger partial charge in [-0.1, -0.05) is 12.1 Å². The van der Waals surface area contributed by atoms with Crippen LogP contribution in [0.15, 0.2) is 47.0 Å². The number of benzene rings is 2. The molecule has 0 spiro atoms. The Hall–Kier alpha value is -3.25. The van der Waals surface area contributed by atoms with Gasteiger partial charge in [0.2, 0.25) is 0 Å². The molecule has 6 nitrogen and oxygen atoms in total. The summed E-state index contributed by atoms with van der Waals surface area (Å²) in [7, 11) is 0. The van der Waals surface area contributed by atoms with E-state index in [1.807, 2.05) is 28.9 Å². The highest BCUT2D eigenvalue weighted by Crippen LogP contribution is 2.41. The minimum atomic E-state index is -0.0586. The summed E-state index contributed by atoms with van der Waals surface area (Å²) in [5, 5.41) is 14.7. The topological polar surface area (TPSA) is 76.9 Å². The second-order valence-corrected chi connectivity index (χ2v) is 7.28. The first kappa shape index (κ1) is 15.8. The standard InChI is InChI=1S/C22H18N4O2/c23-12-15-18-11-17-20(22(15)28-18)21(25-26(17)19-5-1-2-9-27-19)14-6-7-16-13(10-14)4-3-8-24-16/h3-4,6-8,10-12,19,23H,1-2,5,9H2. The second kappa shape index (κ2) is 5.87. The zero-order valence-corrected chi connectivity index (χ0v) is 15.2. The van der Waals surface area contributed by atoms with Gasteiger partial charge in [0.1, 0.15) is 11.3 Å². The summed E-state index contributed by atoms with van der Waals surface area (Å²) in [4.78, 5) is 4.41. The zero-order valence-electron chi connectivity index (χ0n) is 15.2. The lowest BCUT2D eigenvalue weighted by atomic mass is 10.0. The highest BCUT2D eigenvalue weighted by molar-refractivity contribution is 6.16. The molecule has 28 heavy (non-hydrogen) atoms. The molecule has 1 atom stereocenters. The summed E-state index contributed by atoms with van der Waals surface area (Å²) in [5.41, 5.74) is 6.15. The second-order valence-electron chi connectivity index (χ2n) is 7.28. The quantitative estimate of drug-likeness (QED) is 0.447. The summed E-state index contributed by atoms with van der Waals surface area (Å²) < 4.78 is 13.9. The van der Waals surface area contributed by atoms with Crippen LogP contribution in [-0.2, 0) is 4.74 Å². The summed E-state index contributed by atoms with van der Waals surface area (Å²) in [6.45, 7) is 0.762. The van der Waals surface area contributed by atoms with Crippen molar-refractivity contribution in [3.05, 3.63) is 48.2 Å². The van der Waals surface area contributed by atoms with Gasteiger partial charge in [0.25, 0.3) is 0 Å². The van der Waals surface area contributed by atoms with E-state index in [4.69, 9.17) is 19.7 Å². The first-order valence-electron chi connectivity index (χ1n) is 9.58. The fourth-order valence-corrected chi connectivity index (χ4v) is 4.21. The molecule has 5 heterocycles. The van der Waals surface area contributed by atoms with Crippen LogP contribution in [-0.4, -0.2) is 27.6 Å². The first-order valence-corrected chi connectivity index (χ1v) is 9.58. The Morgan fingerprint density at radius 1 is 1.18 bits per heavy atom. The number of pyridine rings is 1. The van der Waals surface area contributed by atoms with Crippen LogP contribution >= 0.6 is 0 Å². The van der Waals surface area contributed by atoms with Gasteiger partial charge in [0, 0.05) is 36.0 Å². The SMILES string of the molecule is N=Cc1c2cc3c(c(-c4ccc5ncccc5c4)nn3C3CCCCO3)c1o2. The van der Waals surface area contributed by atoms with E-state index in [2.05, 4.69) is 17.1 Å². The fourth-order valence-electron chi connectivity index (χ4n) is 4.21. The number of aromatic nitrogens is 3. The Morgan fingerprint density at radius 3 is 3.00 bits per heavy atom. The average molecular weight is 370 g/mol. The number of hydrogen-bond donors (Lipinski definition) is 1. The number of nitrogens with zero attached hydrogens (tertiary/aromatic N) is 3. The van der Waals surface area contributed by atoms with Crippen molar-refractivity contribution in [2.75, 3.05) is 6.61 Å². The molecule has 0 saturated carbocycles. The molecule has 2 bridgehead atoms. The largest absolute Gasteiger partial charge is 0.455 e. The molecule has 0 aliphatic carbocycles. The normalized spacial score (nSPS) is 17.8. The maximum Gasteiger partial charge on any atom is 0.151 e. The molecule has 6 heteroatoms. The van der Waals surface area contributed by atoms with Crippen LogP contribution in [0.5, 0.6) is 0 Å². The van der Waals surface area contributed by atoms with Gasteiger partial charge in [0.05, 0.1) is 22.0 Å². The van der Waals surface area contributed by atoms with Gasteiger partial charge < -0.3 is 14.6 Å². The van der Waals surface area contributed by atoms with Gasteiger partial charge in [-0.25, -0.2) is 4.68 Å². The van der Waals surface area contributed by atoms with Gasteiger partial charge >= 0.3 is 0 Å². The Labute approximate surface area is 160 Å². The average Bonchev–Trinajstić information content (AvgIpc) is 3.14. The van der Waals surface area contributed by atoms with E-state index in [-0.39, 0.29) is 6.23 Å². The molecule has 7 rings (SSSR count). The first-order chi connectivity index (χ1) is 13.8. The molecule has 1 fully saturated rings. The maximum absolute atomic E-state index is 7.72. The van der Waals surface area contributed by atoms with E-state index in [1.165, 1.54) is 6.21 Å². The van der Waals surface area contributed by atoms with Crippen LogP contribution in [0.1, 0.15) is 31.1 Å². The van der Waals surface area contributed by atoms with Gasteiger partial charge in [0.15, 0.2) is 11.8 Å². The van der Waals surface area contributed by atoms with Gasteiger partial charge in [-0.3, -0.25) is 4.98 Å². The number of rotatable bonds is 3. The van der Waals surface area contributed by atoms with Crippen LogP contribution in [0, 0.1) is 5.41 Å². The summed E-state index contributed by atoms with van der Waals surface area (Å²) in [6.07, 6.45) is 6.28. The van der Waals surface area contributed by atoms with Crippen molar-refractivity contribution in [1.82, 2.24) is 14.8 Å². The molecule has 2 aromatic carbocycles. The molecule has 1 N–H and O–H groups in total. The highest BCUT2D eigenvalue weighted by Gasteiger charge is 2.27. The van der Waals surface area contributed by atoms with Crippen molar-refractivity contribution in [2.24, 2.45) is 0 Å². The lowest BCUT2D eigenvalue weighted by Crippen LogP contribution is -2.19.